The summed E-state index contributed by atoms with van der Waals surface area (Å²) in [5, 5.41) is 9.00. The fourth-order valence-electron chi connectivity index (χ4n) is 2.53. The van der Waals surface area contributed by atoms with E-state index in [9.17, 15) is 13.2 Å². The maximum atomic E-state index is 12.3. The van der Waals surface area contributed by atoms with Gasteiger partial charge in [-0.2, -0.15) is 0 Å². The number of aliphatic carboxylic acids is 1. The van der Waals surface area contributed by atoms with Crippen LogP contribution >= 0.6 is 0 Å². The summed E-state index contributed by atoms with van der Waals surface area (Å²) in [4.78, 5) is 11.1. The highest BCUT2D eigenvalue weighted by Gasteiger charge is 2.37. The summed E-state index contributed by atoms with van der Waals surface area (Å²) in [6, 6.07) is 3.93. The molecule has 0 aromatic heterocycles. The standard InChI is InChI=1S/C13H15NO6S/c15-13(16)12-10(4-6-20-12)14-21(17,18)9-2-1-8-3-5-19-11(8)7-9/h1-2,7,10,12,14H,3-6H2,(H,15,16)/t10-,12+/m0/s1. The van der Waals surface area contributed by atoms with Gasteiger partial charge in [0.2, 0.25) is 10.0 Å². The van der Waals surface area contributed by atoms with E-state index in [2.05, 4.69) is 4.72 Å². The van der Waals surface area contributed by atoms with Gasteiger partial charge in [0.1, 0.15) is 5.75 Å². The third-order valence-corrected chi connectivity index (χ3v) is 5.11. The molecule has 1 saturated heterocycles. The SMILES string of the molecule is O=C(O)[C@@H]1OCC[C@@H]1NS(=O)(=O)c1ccc2c(c1)OCC2. The molecule has 2 aliphatic heterocycles. The molecule has 21 heavy (non-hydrogen) atoms. The van der Waals surface area contributed by atoms with Crippen LogP contribution in [0.1, 0.15) is 12.0 Å². The number of hydrogen-bond donors (Lipinski definition) is 2. The van der Waals surface area contributed by atoms with Crippen LogP contribution in [0.25, 0.3) is 0 Å². The maximum absolute atomic E-state index is 12.3. The van der Waals surface area contributed by atoms with E-state index >= 15 is 0 Å². The van der Waals surface area contributed by atoms with Crippen LogP contribution in [0.2, 0.25) is 0 Å². The molecule has 3 rings (SSSR count). The van der Waals surface area contributed by atoms with Crippen molar-refractivity contribution in [2.24, 2.45) is 0 Å². The fraction of sp³-hybridized carbons (Fsp3) is 0.462. The van der Waals surface area contributed by atoms with Crippen molar-refractivity contribution >= 4 is 16.0 Å². The van der Waals surface area contributed by atoms with Crippen molar-refractivity contribution < 1.29 is 27.8 Å². The summed E-state index contributed by atoms with van der Waals surface area (Å²) in [7, 11) is -3.81. The molecule has 0 unspecified atom stereocenters. The van der Waals surface area contributed by atoms with Gasteiger partial charge in [-0.15, -0.1) is 0 Å². The van der Waals surface area contributed by atoms with Gasteiger partial charge in [-0.05, 0) is 18.1 Å². The van der Waals surface area contributed by atoms with E-state index in [0.29, 0.717) is 18.8 Å². The molecular formula is C13H15NO6S. The molecule has 8 heteroatoms. The van der Waals surface area contributed by atoms with Crippen molar-refractivity contribution in [3.05, 3.63) is 23.8 Å². The molecule has 0 spiro atoms. The van der Waals surface area contributed by atoms with Crippen molar-refractivity contribution in [2.45, 2.75) is 29.9 Å². The molecule has 0 amide bonds. The molecule has 1 aromatic rings. The molecular weight excluding hydrogens is 298 g/mol. The van der Waals surface area contributed by atoms with Gasteiger partial charge in [0.05, 0.1) is 17.5 Å². The van der Waals surface area contributed by atoms with E-state index in [1.165, 1.54) is 12.1 Å². The molecule has 7 nitrogen and oxygen atoms in total. The summed E-state index contributed by atoms with van der Waals surface area (Å²) >= 11 is 0. The Bertz CT molecular complexity index is 671. The number of benzene rings is 1. The van der Waals surface area contributed by atoms with E-state index < -0.39 is 28.1 Å². The molecule has 1 fully saturated rings. The van der Waals surface area contributed by atoms with Crippen LogP contribution in [0.3, 0.4) is 0 Å². The second-order valence-electron chi connectivity index (χ2n) is 5.01. The lowest BCUT2D eigenvalue weighted by Gasteiger charge is -2.16. The van der Waals surface area contributed by atoms with Gasteiger partial charge >= 0.3 is 5.97 Å². The number of carboxylic acid groups (broad SMARTS) is 1. The molecule has 1 aromatic carbocycles. The Morgan fingerprint density at radius 1 is 1.33 bits per heavy atom. The highest BCUT2D eigenvalue weighted by molar-refractivity contribution is 7.89. The molecule has 0 bridgehead atoms. The largest absolute Gasteiger partial charge is 0.493 e. The predicted octanol–water partition coefficient (Wildman–Crippen LogP) is 0.142. The molecule has 2 heterocycles. The first-order valence-electron chi connectivity index (χ1n) is 6.60. The molecule has 2 atom stereocenters. The molecule has 114 valence electrons. The topological polar surface area (TPSA) is 102 Å². The third kappa shape index (κ3) is 2.74. The van der Waals surface area contributed by atoms with Crippen molar-refractivity contribution in [3.63, 3.8) is 0 Å². The lowest BCUT2D eigenvalue weighted by atomic mass is 10.1. The molecule has 0 saturated carbocycles. The van der Waals surface area contributed by atoms with Crippen LogP contribution in [0.15, 0.2) is 23.1 Å². The number of carbonyl (C=O) groups is 1. The molecule has 0 radical (unpaired) electrons. The van der Waals surface area contributed by atoms with Gasteiger partial charge in [-0.3, -0.25) is 0 Å². The quantitative estimate of drug-likeness (QED) is 0.820. The molecule has 0 aliphatic carbocycles. The van der Waals surface area contributed by atoms with Crippen molar-refractivity contribution in [3.8, 4) is 5.75 Å². The van der Waals surface area contributed by atoms with Crippen LogP contribution < -0.4 is 9.46 Å². The first kappa shape index (κ1) is 14.3. The van der Waals surface area contributed by atoms with Gasteiger partial charge in [0.25, 0.3) is 0 Å². The summed E-state index contributed by atoms with van der Waals surface area (Å²) in [5.41, 5.74) is 0.974. The van der Waals surface area contributed by atoms with Gasteiger partial charge < -0.3 is 14.6 Å². The van der Waals surface area contributed by atoms with Crippen molar-refractivity contribution in [2.75, 3.05) is 13.2 Å². The highest BCUT2D eigenvalue weighted by Crippen LogP contribution is 2.28. The van der Waals surface area contributed by atoms with Gasteiger partial charge in [-0.25, -0.2) is 17.9 Å². The Morgan fingerprint density at radius 2 is 2.14 bits per heavy atom. The third-order valence-electron chi connectivity index (χ3n) is 3.62. The summed E-state index contributed by atoms with van der Waals surface area (Å²) in [6.45, 7) is 0.765. The first-order chi connectivity index (χ1) is 9.97. The minimum Gasteiger partial charge on any atom is -0.493 e. The average Bonchev–Trinajstić information content (AvgIpc) is 3.05. The number of rotatable bonds is 4. The minimum atomic E-state index is -3.81. The number of carboxylic acids is 1. The number of sulfonamides is 1. The lowest BCUT2D eigenvalue weighted by Crippen LogP contribution is -2.43. The van der Waals surface area contributed by atoms with E-state index in [4.69, 9.17) is 14.6 Å². The summed E-state index contributed by atoms with van der Waals surface area (Å²) in [6.07, 6.45) is -0.0522. The van der Waals surface area contributed by atoms with Crippen molar-refractivity contribution in [1.29, 1.82) is 0 Å². The molecule has 2 aliphatic rings. The number of ether oxygens (including phenoxy) is 2. The number of hydrogen-bond acceptors (Lipinski definition) is 5. The summed E-state index contributed by atoms with van der Waals surface area (Å²) in [5.74, 6) is -0.604. The van der Waals surface area contributed by atoms with Crippen molar-refractivity contribution in [1.82, 2.24) is 4.72 Å². The number of nitrogens with one attached hydrogen (secondary N) is 1. The van der Waals surface area contributed by atoms with E-state index in [0.717, 1.165) is 12.0 Å². The zero-order valence-electron chi connectivity index (χ0n) is 11.1. The zero-order valence-corrected chi connectivity index (χ0v) is 11.9. The normalized spacial score (nSPS) is 24.6. The van der Waals surface area contributed by atoms with Gasteiger partial charge in [-0.1, -0.05) is 6.07 Å². The van der Waals surface area contributed by atoms with Crippen LogP contribution in [0, 0.1) is 0 Å². The van der Waals surface area contributed by atoms with Gasteiger partial charge in [0.15, 0.2) is 6.10 Å². The Labute approximate surface area is 121 Å². The predicted molar refractivity (Wildman–Crippen MR) is 71.7 cm³/mol. The van der Waals surface area contributed by atoms with Crippen LogP contribution in [-0.2, 0) is 26.0 Å². The van der Waals surface area contributed by atoms with Crippen LogP contribution in [-0.4, -0.2) is 44.9 Å². The second-order valence-corrected chi connectivity index (χ2v) is 6.73. The Hall–Kier alpha value is -1.64. The number of fused-ring (bicyclic) bond motifs is 1. The fourth-order valence-corrected chi connectivity index (χ4v) is 3.82. The highest BCUT2D eigenvalue weighted by atomic mass is 32.2. The second kappa shape index (κ2) is 5.28. The van der Waals surface area contributed by atoms with E-state index in [1.807, 2.05) is 0 Å². The van der Waals surface area contributed by atoms with Gasteiger partial charge in [0, 0.05) is 19.1 Å². The monoisotopic (exact) mass is 313 g/mol. The lowest BCUT2D eigenvalue weighted by molar-refractivity contribution is -0.147. The molecule has 2 N–H and O–H groups in total. The maximum Gasteiger partial charge on any atom is 0.334 e. The van der Waals surface area contributed by atoms with Crippen LogP contribution in [0.4, 0.5) is 0 Å². The van der Waals surface area contributed by atoms with Crippen LogP contribution in [0.5, 0.6) is 5.75 Å². The smallest absolute Gasteiger partial charge is 0.334 e. The first-order valence-corrected chi connectivity index (χ1v) is 8.08. The zero-order chi connectivity index (χ0) is 15.0. The minimum absolute atomic E-state index is 0.0687. The average molecular weight is 313 g/mol. The van der Waals surface area contributed by atoms with E-state index in [-0.39, 0.29) is 11.5 Å². The summed E-state index contributed by atoms with van der Waals surface area (Å²) < 4.78 is 37.5. The van der Waals surface area contributed by atoms with E-state index in [1.54, 1.807) is 6.07 Å². The Morgan fingerprint density at radius 3 is 2.90 bits per heavy atom. The Kier molecular flexibility index (Phi) is 3.60. The Balaban J connectivity index is 1.82.